The van der Waals surface area contributed by atoms with Crippen LogP contribution in [-0.2, 0) is 9.59 Å². The molecule has 0 radical (unpaired) electrons. The molecule has 1 aliphatic heterocycles. The lowest BCUT2D eigenvalue weighted by atomic mass is 9.55. The zero-order valence-electron chi connectivity index (χ0n) is 16.4. The van der Waals surface area contributed by atoms with Gasteiger partial charge in [0.05, 0.1) is 17.5 Å². The molecule has 3 aliphatic carbocycles. The summed E-state index contributed by atoms with van der Waals surface area (Å²) in [7, 11) is 0. The minimum absolute atomic E-state index is 0.0433. The Morgan fingerprint density at radius 2 is 1.07 bits per heavy atom. The Labute approximate surface area is 174 Å². The first-order valence-corrected chi connectivity index (χ1v) is 10.2. The van der Waals surface area contributed by atoms with Gasteiger partial charge in [-0.1, -0.05) is 48.5 Å². The number of anilines is 1. The molecule has 3 aromatic rings. The number of rotatable bonds is 2. The molecule has 2 atom stereocenters. The van der Waals surface area contributed by atoms with Gasteiger partial charge in [-0.05, 0) is 53.4 Å². The summed E-state index contributed by atoms with van der Waals surface area (Å²) in [6.45, 7) is 1.50. The molecule has 2 bridgehead atoms. The number of nitrogens with zero attached hydrogens (tertiary/aromatic N) is 1. The van der Waals surface area contributed by atoms with E-state index in [2.05, 4.69) is 24.3 Å². The summed E-state index contributed by atoms with van der Waals surface area (Å²) in [6, 6.07) is 23.2. The molecule has 0 saturated carbocycles. The van der Waals surface area contributed by atoms with Crippen LogP contribution in [0, 0.1) is 11.8 Å². The van der Waals surface area contributed by atoms with Crippen molar-refractivity contribution in [2.24, 2.45) is 11.8 Å². The molecule has 1 heterocycles. The van der Waals surface area contributed by atoms with Crippen LogP contribution >= 0.6 is 0 Å². The molecule has 0 spiro atoms. The highest BCUT2D eigenvalue weighted by molar-refractivity contribution is 6.23. The van der Waals surface area contributed by atoms with Crippen LogP contribution in [-0.4, -0.2) is 17.6 Å². The molecule has 146 valence electrons. The van der Waals surface area contributed by atoms with Crippen molar-refractivity contribution in [3.63, 3.8) is 0 Å². The Morgan fingerprint density at radius 3 is 1.43 bits per heavy atom. The molecule has 1 fully saturated rings. The van der Waals surface area contributed by atoms with Crippen LogP contribution in [0.15, 0.2) is 72.8 Å². The Morgan fingerprint density at radius 1 is 0.667 bits per heavy atom. The molecule has 2 amide bonds. The number of hydrogen-bond acceptors (Lipinski definition) is 3. The number of Topliss-reactive ketones (excluding diaryl/α,β-unsaturated/α-hetero) is 1. The summed E-state index contributed by atoms with van der Waals surface area (Å²) in [5.41, 5.74) is 5.76. The van der Waals surface area contributed by atoms with Crippen molar-refractivity contribution in [2.45, 2.75) is 18.8 Å². The molecule has 4 heteroatoms. The van der Waals surface area contributed by atoms with E-state index >= 15 is 0 Å². The average molecular weight is 393 g/mol. The fourth-order valence-electron chi connectivity index (χ4n) is 5.78. The van der Waals surface area contributed by atoms with Crippen molar-refractivity contribution in [3.05, 3.63) is 101 Å². The van der Waals surface area contributed by atoms with Crippen molar-refractivity contribution in [2.75, 3.05) is 4.90 Å². The van der Waals surface area contributed by atoms with Gasteiger partial charge in [0.15, 0.2) is 5.78 Å². The van der Waals surface area contributed by atoms with Gasteiger partial charge in [0, 0.05) is 17.4 Å². The van der Waals surface area contributed by atoms with Gasteiger partial charge >= 0.3 is 0 Å². The van der Waals surface area contributed by atoms with Gasteiger partial charge in [-0.15, -0.1) is 0 Å². The van der Waals surface area contributed by atoms with Gasteiger partial charge < -0.3 is 0 Å². The van der Waals surface area contributed by atoms with Crippen molar-refractivity contribution < 1.29 is 14.4 Å². The first-order valence-electron chi connectivity index (χ1n) is 10.2. The molecule has 4 nitrogen and oxygen atoms in total. The molecule has 4 aliphatic rings. The molecule has 0 aromatic heterocycles. The summed E-state index contributed by atoms with van der Waals surface area (Å²) in [5, 5.41) is 0. The molecule has 30 heavy (non-hydrogen) atoms. The van der Waals surface area contributed by atoms with Crippen LogP contribution in [0.5, 0.6) is 0 Å². The predicted molar refractivity (Wildman–Crippen MR) is 112 cm³/mol. The topological polar surface area (TPSA) is 54.5 Å². The van der Waals surface area contributed by atoms with Gasteiger partial charge in [-0.3, -0.25) is 14.4 Å². The zero-order chi connectivity index (χ0) is 20.6. The number of carbonyl (C=O) groups excluding carboxylic acids is 3. The van der Waals surface area contributed by atoms with E-state index in [9.17, 15) is 14.4 Å². The lowest BCUT2D eigenvalue weighted by molar-refractivity contribution is -0.122. The monoisotopic (exact) mass is 393 g/mol. The fourth-order valence-corrected chi connectivity index (χ4v) is 5.78. The van der Waals surface area contributed by atoms with Crippen LogP contribution in [0.3, 0.4) is 0 Å². The molecule has 7 rings (SSSR count). The van der Waals surface area contributed by atoms with Crippen molar-refractivity contribution in [1.82, 2.24) is 0 Å². The minimum atomic E-state index is -0.389. The first kappa shape index (κ1) is 17.3. The Balaban J connectivity index is 1.51. The Bertz CT molecular complexity index is 1130. The molecule has 0 N–H and O–H groups in total. The number of benzene rings is 3. The van der Waals surface area contributed by atoms with E-state index in [0.717, 1.165) is 22.3 Å². The second kappa shape index (κ2) is 5.99. The largest absolute Gasteiger partial charge is 0.295 e. The van der Waals surface area contributed by atoms with Crippen molar-refractivity contribution in [1.29, 1.82) is 0 Å². The third kappa shape index (κ3) is 2.08. The SMILES string of the molecule is CC(=O)c1ccc(N2C(=O)[C@@H]3C4c5ccccc5C(c5ccccc54)[C@H]3C2=O)cc1. The van der Waals surface area contributed by atoms with E-state index in [1.807, 2.05) is 24.3 Å². The summed E-state index contributed by atoms with van der Waals surface area (Å²) in [5.74, 6) is -1.31. The third-order valence-electron chi connectivity index (χ3n) is 6.98. The number of ketones is 1. The normalized spacial score (nSPS) is 25.7. The molecule has 3 aromatic carbocycles. The van der Waals surface area contributed by atoms with Gasteiger partial charge in [-0.25, -0.2) is 4.90 Å². The van der Waals surface area contributed by atoms with E-state index in [0.29, 0.717) is 11.3 Å². The number of amides is 2. The van der Waals surface area contributed by atoms with Gasteiger partial charge in [0.1, 0.15) is 0 Å². The van der Waals surface area contributed by atoms with Crippen LogP contribution in [0.2, 0.25) is 0 Å². The standard InChI is InChI=1S/C26H19NO3/c1-14(28)15-10-12-16(13-11-15)27-25(29)23-21-17-6-2-3-7-18(17)22(24(23)26(27)30)20-9-5-4-8-19(20)21/h2-13,21-24H,1H3/t21?,22?,23-,24-/m1/s1. The van der Waals surface area contributed by atoms with E-state index in [1.165, 1.54) is 11.8 Å². The maximum atomic E-state index is 13.6. The third-order valence-corrected chi connectivity index (χ3v) is 6.98. The van der Waals surface area contributed by atoms with Gasteiger partial charge in [0.2, 0.25) is 11.8 Å². The number of carbonyl (C=O) groups is 3. The van der Waals surface area contributed by atoms with Gasteiger partial charge in [0.25, 0.3) is 0 Å². The lowest BCUT2D eigenvalue weighted by Crippen LogP contribution is -2.41. The van der Waals surface area contributed by atoms with E-state index in [1.54, 1.807) is 24.3 Å². The second-order valence-corrected chi connectivity index (χ2v) is 8.38. The average Bonchev–Trinajstić information content (AvgIpc) is 3.04. The van der Waals surface area contributed by atoms with Crippen molar-refractivity contribution >= 4 is 23.3 Å². The van der Waals surface area contributed by atoms with E-state index in [-0.39, 0.29) is 41.3 Å². The van der Waals surface area contributed by atoms with Crippen LogP contribution in [0.4, 0.5) is 5.69 Å². The zero-order valence-corrected chi connectivity index (χ0v) is 16.4. The molecular weight excluding hydrogens is 374 g/mol. The van der Waals surface area contributed by atoms with Gasteiger partial charge in [-0.2, -0.15) is 0 Å². The van der Waals surface area contributed by atoms with Crippen LogP contribution < -0.4 is 4.90 Å². The molecular formula is C26H19NO3. The number of hydrogen-bond donors (Lipinski definition) is 0. The van der Waals surface area contributed by atoms with Crippen LogP contribution in [0.1, 0.15) is 51.4 Å². The maximum Gasteiger partial charge on any atom is 0.238 e. The Kier molecular flexibility index (Phi) is 3.46. The summed E-state index contributed by atoms with van der Waals surface area (Å²) in [6.07, 6.45) is 0. The highest BCUT2D eigenvalue weighted by atomic mass is 16.2. The highest BCUT2D eigenvalue weighted by Crippen LogP contribution is 2.61. The van der Waals surface area contributed by atoms with Crippen molar-refractivity contribution in [3.8, 4) is 0 Å². The summed E-state index contributed by atoms with van der Waals surface area (Å²) < 4.78 is 0. The smallest absolute Gasteiger partial charge is 0.238 e. The Hall–Kier alpha value is -3.53. The highest BCUT2D eigenvalue weighted by Gasteiger charge is 2.61. The fraction of sp³-hybridized carbons (Fsp3) is 0.192. The maximum absolute atomic E-state index is 13.6. The predicted octanol–water partition coefficient (Wildman–Crippen LogP) is 4.29. The number of imide groups is 1. The van der Waals surface area contributed by atoms with Crippen LogP contribution in [0.25, 0.3) is 0 Å². The van der Waals surface area contributed by atoms with E-state index in [4.69, 9.17) is 0 Å². The summed E-state index contributed by atoms with van der Waals surface area (Å²) in [4.78, 5) is 40.2. The first-order chi connectivity index (χ1) is 14.6. The van der Waals surface area contributed by atoms with E-state index < -0.39 is 0 Å². The second-order valence-electron chi connectivity index (χ2n) is 8.38. The summed E-state index contributed by atoms with van der Waals surface area (Å²) >= 11 is 0. The molecule has 1 saturated heterocycles. The minimum Gasteiger partial charge on any atom is -0.295 e. The molecule has 0 unspecified atom stereocenters. The quantitative estimate of drug-likeness (QED) is 0.482. The lowest BCUT2D eigenvalue weighted by Gasteiger charge is -2.45.